The molecule has 0 bridgehead atoms. The van der Waals surface area contributed by atoms with Gasteiger partial charge in [0.15, 0.2) is 8.46 Å². The lowest BCUT2D eigenvalue weighted by Crippen LogP contribution is -2.00. The number of hydrogen-bond donors (Lipinski definition) is 0. The van der Waals surface area contributed by atoms with Crippen LogP contribution in [0.1, 0.15) is 0 Å². The van der Waals surface area contributed by atoms with Gasteiger partial charge in [-0.25, -0.2) is 0 Å². The Labute approximate surface area is 54.2 Å². The van der Waals surface area contributed by atoms with Crippen LogP contribution in [-0.4, -0.2) is 17.4 Å². The van der Waals surface area contributed by atoms with Gasteiger partial charge in [-0.3, -0.25) is 4.57 Å². The highest BCUT2D eigenvalue weighted by Gasteiger charge is 2.01. The summed E-state index contributed by atoms with van der Waals surface area (Å²) in [4.78, 5) is 0. The van der Waals surface area contributed by atoms with Gasteiger partial charge in [-0.05, 0) is 0 Å². The van der Waals surface area contributed by atoms with Crippen LogP contribution in [0.25, 0.3) is 0 Å². The minimum Gasteiger partial charge on any atom is -0.275 e. The normalized spacial score (nSPS) is 10.7. The fraction of sp³-hybridized carbons (Fsp3) is 1.00. The third-order valence-corrected chi connectivity index (χ3v) is 2.34. The van der Waals surface area contributed by atoms with Crippen molar-refractivity contribution in [3.05, 3.63) is 0 Å². The maximum atomic E-state index is 9.90. The summed E-state index contributed by atoms with van der Waals surface area (Å²) < 4.78 is 9.90. The first-order chi connectivity index (χ1) is 3.35. The molecule has 0 aromatic carbocycles. The number of hydrogen-bond acceptors (Lipinski definition) is 1. The van der Waals surface area contributed by atoms with Crippen LogP contribution in [-0.2, 0) is 4.57 Å². The second kappa shape index (κ2) is 4.83. The van der Waals surface area contributed by atoms with E-state index in [2.05, 4.69) is 0 Å². The Morgan fingerprint density at radius 1 is 1.43 bits per heavy atom. The standard InChI is InChI=1S/C3H5Cl2OP/c4-1-3(2-5)7-6/h3H,1-2H2. The zero-order chi connectivity index (χ0) is 5.70. The summed E-state index contributed by atoms with van der Waals surface area (Å²) in [5.74, 6) is 0.739. The van der Waals surface area contributed by atoms with Crippen LogP contribution < -0.4 is 0 Å². The van der Waals surface area contributed by atoms with Crippen LogP contribution in [0.2, 0.25) is 0 Å². The molecule has 0 spiro atoms. The van der Waals surface area contributed by atoms with Gasteiger partial charge < -0.3 is 0 Å². The van der Waals surface area contributed by atoms with Gasteiger partial charge in [0, 0.05) is 11.8 Å². The Bertz CT molecular complexity index is 54.9. The molecule has 0 aliphatic heterocycles. The molecule has 0 aromatic rings. The summed E-state index contributed by atoms with van der Waals surface area (Å²) in [6, 6.07) is 0. The fourth-order valence-corrected chi connectivity index (χ4v) is 0.878. The molecule has 0 rings (SSSR count). The largest absolute Gasteiger partial charge is 0.275 e. The Morgan fingerprint density at radius 2 is 1.86 bits per heavy atom. The van der Waals surface area contributed by atoms with Gasteiger partial charge in [0.2, 0.25) is 0 Å². The average Bonchev–Trinajstić information content (AvgIpc) is 1.72. The van der Waals surface area contributed by atoms with E-state index in [0.29, 0.717) is 11.8 Å². The molecule has 0 aliphatic rings. The maximum absolute atomic E-state index is 9.90. The molecule has 0 saturated carbocycles. The predicted molar refractivity (Wildman–Crippen MR) is 32.8 cm³/mol. The Morgan fingerprint density at radius 3 is 1.86 bits per heavy atom. The van der Waals surface area contributed by atoms with E-state index in [1.165, 1.54) is 0 Å². The molecule has 4 heteroatoms. The maximum Gasteiger partial charge on any atom is 0.161 e. The molecule has 0 fully saturated rings. The van der Waals surface area contributed by atoms with Crippen molar-refractivity contribution in [2.24, 2.45) is 0 Å². The van der Waals surface area contributed by atoms with Crippen molar-refractivity contribution in [2.45, 2.75) is 5.66 Å². The van der Waals surface area contributed by atoms with Gasteiger partial charge in [-0.15, -0.1) is 23.2 Å². The Kier molecular flexibility index (Phi) is 5.30. The summed E-state index contributed by atoms with van der Waals surface area (Å²) in [5, 5.41) is 0. The predicted octanol–water partition coefficient (Wildman–Crippen LogP) is 2.12. The highest BCUT2D eigenvalue weighted by atomic mass is 35.5. The Balaban J connectivity index is 3.16. The molecule has 0 heterocycles. The van der Waals surface area contributed by atoms with Crippen LogP contribution >= 0.6 is 31.7 Å². The molecule has 0 N–H and O–H groups in total. The smallest absolute Gasteiger partial charge is 0.161 e. The average molecular weight is 159 g/mol. The number of rotatable bonds is 3. The molecule has 42 valence electrons. The molecule has 0 saturated heterocycles. The number of alkyl halides is 2. The lowest BCUT2D eigenvalue weighted by atomic mass is 10.6. The van der Waals surface area contributed by atoms with Crippen LogP contribution in [0, 0.1) is 0 Å². The zero-order valence-electron chi connectivity index (χ0n) is 3.60. The van der Waals surface area contributed by atoms with Crippen molar-refractivity contribution in [3.8, 4) is 0 Å². The van der Waals surface area contributed by atoms with Crippen molar-refractivity contribution in [3.63, 3.8) is 0 Å². The van der Waals surface area contributed by atoms with E-state index in [1.54, 1.807) is 0 Å². The third kappa shape index (κ3) is 3.28. The highest BCUT2D eigenvalue weighted by Crippen LogP contribution is 2.08. The van der Waals surface area contributed by atoms with Gasteiger partial charge >= 0.3 is 0 Å². The second-order valence-corrected chi connectivity index (χ2v) is 2.63. The van der Waals surface area contributed by atoms with E-state index in [0.717, 1.165) is 0 Å². The SMILES string of the molecule is O=PC(CCl)CCl. The summed E-state index contributed by atoms with van der Waals surface area (Å²) in [7, 11) is 0.0455. The lowest BCUT2D eigenvalue weighted by molar-refractivity contribution is 0.595. The third-order valence-electron chi connectivity index (χ3n) is 0.505. The first kappa shape index (κ1) is 7.68. The minimum absolute atomic E-state index is 0.0455. The van der Waals surface area contributed by atoms with Crippen molar-refractivity contribution in [1.29, 1.82) is 0 Å². The first-order valence-corrected chi connectivity index (χ1v) is 3.74. The van der Waals surface area contributed by atoms with E-state index in [9.17, 15) is 4.57 Å². The molecule has 1 nitrogen and oxygen atoms in total. The fourth-order valence-electron chi connectivity index (χ4n) is 0.0976. The summed E-state index contributed by atoms with van der Waals surface area (Å²) in [6.45, 7) is 0. The number of halogens is 2. The van der Waals surface area contributed by atoms with Crippen molar-refractivity contribution in [1.82, 2.24) is 0 Å². The molecule has 7 heavy (non-hydrogen) atoms. The molecule has 0 aliphatic carbocycles. The van der Waals surface area contributed by atoms with Crippen molar-refractivity contribution in [2.75, 3.05) is 11.8 Å². The zero-order valence-corrected chi connectivity index (χ0v) is 6.01. The molecular formula is C3H5Cl2OP. The van der Waals surface area contributed by atoms with E-state index >= 15 is 0 Å². The minimum atomic E-state index is -0.0664. The van der Waals surface area contributed by atoms with Gasteiger partial charge in [-0.1, -0.05) is 0 Å². The van der Waals surface area contributed by atoms with E-state index in [4.69, 9.17) is 23.2 Å². The first-order valence-electron chi connectivity index (χ1n) is 1.79. The second-order valence-electron chi connectivity index (χ2n) is 1.07. The van der Waals surface area contributed by atoms with Gasteiger partial charge in [-0.2, -0.15) is 0 Å². The van der Waals surface area contributed by atoms with Gasteiger partial charge in [0.1, 0.15) is 0 Å². The molecule has 0 aromatic heterocycles. The van der Waals surface area contributed by atoms with Crippen molar-refractivity contribution >= 4 is 31.7 Å². The molecule has 0 unspecified atom stereocenters. The molecular weight excluding hydrogens is 154 g/mol. The lowest BCUT2D eigenvalue weighted by Gasteiger charge is -1.92. The summed E-state index contributed by atoms with van der Waals surface area (Å²) in [5.41, 5.74) is -0.0664. The molecule has 0 atom stereocenters. The van der Waals surface area contributed by atoms with Crippen LogP contribution in [0.4, 0.5) is 0 Å². The summed E-state index contributed by atoms with van der Waals surface area (Å²) >= 11 is 10.6. The van der Waals surface area contributed by atoms with E-state index in [-0.39, 0.29) is 14.1 Å². The monoisotopic (exact) mass is 158 g/mol. The van der Waals surface area contributed by atoms with Crippen LogP contribution in [0.5, 0.6) is 0 Å². The summed E-state index contributed by atoms with van der Waals surface area (Å²) in [6.07, 6.45) is 0. The molecule has 0 radical (unpaired) electrons. The Hall–Kier alpha value is 0.680. The topological polar surface area (TPSA) is 17.1 Å². The van der Waals surface area contributed by atoms with Gasteiger partial charge in [0.25, 0.3) is 0 Å². The van der Waals surface area contributed by atoms with Crippen LogP contribution in [0.15, 0.2) is 0 Å². The molecule has 0 amide bonds. The van der Waals surface area contributed by atoms with E-state index < -0.39 is 0 Å². The highest BCUT2D eigenvalue weighted by molar-refractivity contribution is 7.25. The van der Waals surface area contributed by atoms with E-state index in [1.807, 2.05) is 0 Å². The van der Waals surface area contributed by atoms with Crippen LogP contribution in [0.3, 0.4) is 0 Å². The quantitative estimate of drug-likeness (QED) is 0.455. The van der Waals surface area contributed by atoms with Gasteiger partial charge in [0.05, 0.1) is 5.66 Å². The van der Waals surface area contributed by atoms with Crippen molar-refractivity contribution < 1.29 is 4.57 Å².